The van der Waals surface area contributed by atoms with Gasteiger partial charge in [0.2, 0.25) is 0 Å². The Morgan fingerprint density at radius 2 is 1.89 bits per heavy atom. The second kappa shape index (κ2) is 5.73. The van der Waals surface area contributed by atoms with Crippen LogP contribution in [0.25, 0.3) is 0 Å². The highest BCUT2D eigenvalue weighted by Crippen LogP contribution is 2.44. The van der Waals surface area contributed by atoms with Crippen LogP contribution in [0.1, 0.15) is 24.8 Å². The van der Waals surface area contributed by atoms with Crippen molar-refractivity contribution in [3.05, 3.63) is 35.9 Å². The first-order valence-corrected chi connectivity index (χ1v) is 7.02. The number of benzene rings is 1. The van der Waals surface area contributed by atoms with Gasteiger partial charge in [0.25, 0.3) is 0 Å². The number of nitriles is 1. The summed E-state index contributed by atoms with van der Waals surface area (Å²) >= 11 is 0. The van der Waals surface area contributed by atoms with E-state index in [0.717, 1.165) is 12.8 Å². The van der Waals surface area contributed by atoms with Crippen molar-refractivity contribution in [1.82, 2.24) is 0 Å². The number of hydrogen-bond acceptors (Lipinski definition) is 3. The molecule has 4 atom stereocenters. The van der Waals surface area contributed by atoms with Crippen LogP contribution in [0.4, 0.5) is 0 Å². The van der Waals surface area contributed by atoms with Crippen molar-refractivity contribution < 1.29 is 9.47 Å². The van der Waals surface area contributed by atoms with Gasteiger partial charge in [0.1, 0.15) is 0 Å². The lowest BCUT2D eigenvalue weighted by Gasteiger charge is -2.25. The molecule has 0 aromatic heterocycles. The Labute approximate surface area is 114 Å². The van der Waals surface area contributed by atoms with E-state index in [2.05, 4.69) is 18.2 Å². The predicted molar refractivity (Wildman–Crippen MR) is 71.2 cm³/mol. The lowest BCUT2D eigenvalue weighted by molar-refractivity contribution is 0.0420. The zero-order valence-corrected chi connectivity index (χ0v) is 11.0. The number of rotatable bonds is 5. The molecule has 3 heteroatoms. The van der Waals surface area contributed by atoms with Crippen molar-refractivity contribution in [3.63, 3.8) is 0 Å². The van der Waals surface area contributed by atoms with Crippen molar-refractivity contribution >= 4 is 0 Å². The van der Waals surface area contributed by atoms with Gasteiger partial charge >= 0.3 is 0 Å². The molecule has 100 valence electrons. The summed E-state index contributed by atoms with van der Waals surface area (Å²) in [5, 5.41) is 8.93. The van der Waals surface area contributed by atoms with E-state index in [4.69, 9.17) is 14.7 Å². The standard InChI is InChI=1S/C16H19NO2/c17-9-8-13-14(16-7-6-15(13)19-16)11-18-10-12-4-2-1-3-5-12/h1-5,13-16H,6-8,10-11H2/t13?,14?,15?,16-/m1/s1. The Kier molecular flexibility index (Phi) is 3.82. The van der Waals surface area contributed by atoms with Crippen molar-refractivity contribution in [2.24, 2.45) is 11.8 Å². The summed E-state index contributed by atoms with van der Waals surface area (Å²) in [6.45, 7) is 1.36. The van der Waals surface area contributed by atoms with Crippen LogP contribution in [0.15, 0.2) is 30.3 Å². The molecule has 0 amide bonds. The lowest BCUT2D eigenvalue weighted by Crippen LogP contribution is -2.30. The van der Waals surface area contributed by atoms with Crippen LogP contribution in [0.2, 0.25) is 0 Å². The van der Waals surface area contributed by atoms with E-state index in [1.807, 2.05) is 18.2 Å². The zero-order valence-electron chi connectivity index (χ0n) is 11.0. The lowest BCUT2D eigenvalue weighted by atomic mass is 9.78. The number of ether oxygens (including phenoxy) is 2. The molecule has 2 fully saturated rings. The molecular weight excluding hydrogens is 238 g/mol. The molecule has 1 aromatic rings. The minimum absolute atomic E-state index is 0.301. The van der Waals surface area contributed by atoms with Crippen LogP contribution in [0.5, 0.6) is 0 Å². The molecule has 0 aliphatic carbocycles. The molecule has 2 saturated heterocycles. The van der Waals surface area contributed by atoms with Gasteiger partial charge in [0, 0.05) is 18.3 Å². The third-order valence-corrected chi connectivity index (χ3v) is 4.34. The number of fused-ring (bicyclic) bond motifs is 2. The molecule has 3 rings (SSSR count). The predicted octanol–water partition coefficient (Wildman–Crippen LogP) is 2.91. The highest BCUT2D eigenvalue weighted by Gasteiger charge is 2.48. The van der Waals surface area contributed by atoms with Gasteiger partial charge in [-0.25, -0.2) is 0 Å². The first-order valence-electron chi connectivity index (χ1n) is 7.02. The molecule has 2 aliphatic rings. The minimum Gasteiger partial charge on any atom is -0.376 e. The summed E-state index contributed by atoms with van der Waals surface area (Å²) in [4.78, 5) is 0. The smallest absolute Gasteiger partial charge is 0.0717 e. The van der Waals surface area contributed by atoms with E-state index in [0.29, 0.717) is 43.7 Å². The molecule has 2 bridgehead atoms. The molecule has 2 heterocycles. The first-order chi connectivity index (χ1) is 9.38. The topological polar surface area (TPSA) is 42.2 Å². The van der Waals surface area contributed by atoms with E-state index in [1.165, 1.54) is 5.56 Å². The Balaban J connectivity index is 1.53. The normalized spacial score (nSPS) is 32.4. The quantitative estimate of drug-likeness (QED) is 0.814. The van der Waals surface area contributed by atoms with Gasteiger partial charge in [-0.2, -0.15) is 5.26 Å². The molecule has 0 saturated carbocycles. The average Bonchev–Trinajstić information content (AvgIpc) is 3.03. The number of hydrogen-bond donors (Lipinski definition) is 0. The SMILES string of the molecule is N#CCC1C2CC[C@@H](O2)C1COCc1ccccc1. The van der Waals surface area contributed by atoms with Crippen molar-refractivity contribution in [3.8, 4) is 6.07 Å². The molecule has 3 unspecified atom stereocenters. The van der Waals surface area contributed by atoms with Gasteiger partial charge in [0.15, 0.2) is 0 Å². The maximum atomic E-state index is 8.93. The summed E-state index contributed by atoms with van der Waals surface area (Å²) in [5.41, 5.74) is 1.20. The van der Waals surface area contributed by atoms with Crippen molar-refractivity contribution in [2.45, 2.75) is 38.1 Å². The van der Waals surface area contributed by atoms with Crippen molar-refractivity contribution in [2.75, 3.05) is 6.61 Å². The molecular formula is C16H19NO2. The summed E-state index contributed by atoms with van der Waals surface area (Å²) < 4.78 is 11.8. The van der Waals surface area contributed by atoms with E-state index in [9.17, 15) is 0 Å². The Morgan fingerprint density at radius 3 is 2.63 bits per heavy atom. The summed E-state index contributed by atoms with van der Waals surface area (Å²) in [5.74, 6) is 0.779. The molecule has 19 heavy (non-hydrogen) atoms. The van der Waals surface area contributed by atoms with E-state index >= 15 is 0 Å². The Bertz CT molecular complexity index is 454. The fourth-order valence-corrected chi connectivity index (χ4v) is 3.38. The third-order valence-electron chi connectivity index (χ3n) is 4.34. The van der Waals surface area contributed by atoms with Crippen LogP contribution in [0, 0.1) is 23.2 Å². The Morgan fingerprint density at radius 1 is 1.16 bits per heavy atom. The van der Waals surface area contributed by atoms with E-state index < -0.39 is 0 Å². The van der Waals surface area contributed by atoms with Gasteiger partial charge < -0.3 is 9.47 Å². The van der Waals surface area contributed by atoms with Crippen LogP contribution in [-0.2, 0) is 16.1 Å². The van der Waals surface area contributed by atoms with Gasteiger partial charge in [-0.3, -0.25) is 0 Å². The molecule has 3 nitrogen and oxygen atoms in total. The zero-order chi connectivity index (χ0) is 13.1. The fraction of sp³-hybridized carbons (Fsp3) is 0.562. The van der Waals surface area contributed by atoms with Crippen LogP contribution in [0.3, 0.4) is 0 Å². The maximum absolute atomic E-state index is 8.93. The Hall–Kier alpha value is -1.37. The van der Waals surface area contributed by atoms with Gasteiger partial charge in [-0.1, -0.05) is 30.3 Å². The monoisotopic (exact) mass is 257 g/mol. The summed E-state index contributed by atoms with van der Waals surface area (Å²) in [6, 6.07) is 12.5. The molecule has 2 aliphatic heterocycles. The van der Waals surface area contributed by atoms with Gasteiger partial charge in [-0.05, 0) is 18.4 Å². The van der Waals surface area contributed by atoms with Crippen molar-refractivity contribution in [1.29, 1.82) is 5.26 Å². The fourth-order valence-electron chi connectivity index (χ4n) is 3.38. The largest absolute Gasteiger partial charge is 0.376 e. The summed E-state index contributed by atoms with van der Waals surface area (Å²) in [7, 11) is 0. The van der Waals surface area contributed by atoms with Crippen LogP contribution >= 0.6 is 0 Å². The van der Waals surface area contributed by atoms with E-state index in [-0.39, 0.29) is 0 Å². The van der Waals surface area contributed by atoms with Crippen LogP contribution in [-0.4, -0.2) is 18.8 Å². The molecule has 1 aromatic carbocycles. The molecule has 0 N–H and O–H groups in total. The molecule has 0 spiro atoms. The van der Waals surface area contributed by atoms with Gasteiger partial charge in [0.05, 0.1) is 31.5 Å². The minimum atomic E-state index is 0.301. The highest BCUT2D eigenvalue weighted by atomic mass is 16.5. The first kappa shape index (κ1) is 12.7. The van der Waals surface area contributed by atoms with Gasteiger partial charge in [-0.15, -0.1) is 0 Å². The van der Waals surface area contributed by atoms with E-state index in [1.54, 1.807) is 0 Å². The number of nitrogens with zero attached hydrogens (tertiary/aromatic N) is 1. The highest BCUT2D eigenvalue weighted by molar-refractivity contribution is 5.13. The maximum Gasteiger partial charge on any atom is 0.0717 e. The summed E-state index contributed by atoms with van der Waals surface area (Å²) in [6.07, 6.45) is 3.47. The third kappa shape index (κ3) is 2.65. The van der Waals surface area contributed by atoms with Crippen LogP contribution < -0.4 is 0 Å². The molecule has 0 radical (unpaired) electrons. The second-order valence-electron chi connectivity index (χ2n) is 5.48. The average molecular weight is 257 g/mol. The second-order valence-corrected chi connectivity index (χ2v) is 5.48.